The van der Waals surface area contributed by atoms with Gasteiger partial charge in [0.25, 0.3) is 0 Å². The fraction of sp³-hybridized carbons (Fsp3) is 0.545. The zero-order chi connectivity index (χ0) is 18.5. The van der Waals surface area contributed by atoms with Crippen LogP contribution in [0, 0.1) is 0 Å². The number of amides is 1. The number of unbranched alkanes of at least 4 members (excludes halogenated alkanes) is 3. The van der Waals surface area contributed by atoms with Gasteiger partial charge in [0.05, 0.1) is 0 Å². The molecule has 1 amide bonds. The Morgan fingerprint density at radius 1 is 0.960 bits per heavy atom. The van der Waals surface area contributed by atoms with Crippen LogP contribution in [0.3, 0.4) is 0 Å². The first-order valence-corrected chi connectivity index (χ1v) is 17.4. The molecule has 0 heterocycles. The van der Waals surface area contributed by atoms with E-state index < -0.39 is 18.4 Å². The first-order valence-electron chi connectivity index (χ1n) is 9.90. The Kier molecular flexibility index (Phi) is 10.9. The van der Waals surface area contributed by atoms with Crippen molar-refractivity contribution in [2.45, 2.75) is 72.6 Å². The quantitative estimate of drug-likeness (QED) is 0.215. The van der Waals surface area contributed by atoms with Crippen molar-refractivity contribution in [1.29, 1.82) is 0 Å². The van der Waals surface area contributed by atoms with Crippen molar-refractivity contribution < 1.29 is 4.79 Å². The average Bonchev–Trinajstić information content (AvgIpc) is 2.63. The molecule has 1 aromatic rings. The molecular weight excluding hydrogens is 413 g/mol. The van der Waals surface area contributed by atoms with Gasteiger partial charge in [-0.2, -0.15) is 0 Å². The molecule has 0 aliphatic heterocycles. The number of hydrogen-bond donors (Lipinski definition) is 1. The zero-order valence-corrected chi connectivity index (χ0v) is 19.2. The molecule has 1 rings (SSSR count). The van der Waals surface area contributed by atoms with E-state index in [1.54, 1.807) is 0 Å². The summed E-state index contributed by atoms with van der Waals surface area (Å²) in [5, 5.41) is 3.10. The summed E-state index contributed by atoms with van der Waals surface area (Å²) in [6, 6.07) is 9.76. The Morgan fingerprint density at radius 2 is 1.44 bits per heavy atom. The number of para-hydroxylation sites is 1. The van der Waals surface area contributed by atoms with Gasteiger partial charge in [0, 0.05) is 0 Å². The number of carbonyl (C=O) groups excluding carboxylic acids is 1. The second-order valence-corrected chi connectivity index (χ2v) is 20.0. The topological polar surface area (TPSA) is 29.1 Å². The molecule has 0 aliphatic rings. The van der Waals surface area contributed by atoms with Crippen LogP contribution in [0.2, 0.25) is 13.3 Å². The van der Waals surface area contributed by atoms with Crippen LogP contribution in [0.15, 0.2) is 46.2 Å². The van der Waals surface area contributed by atoms with Gasteiger partial charge in [-0.05, 0) is 0 Å². The second-order valence-electron chi connectivity index (χ2n) is 6.96. The minimum absolute atomic E-state index is 0.0558. The van der Waals surface area contributed by atoms with Crippen LogP contribution in [-0.4, -0.2) is 24.3 Å². The Morgan fingerprint density at radius 3 is 1.84 bits per heavy atom. The normalized spacial score (nSPS) is 11.0. The predicted molar refractivity (Wildman–Crippen MR) is 113 cm³/mol. The number of benzene rings is 1. The van der Waals surface area contributed by atoms with Crippen LogP contribution in [0.25, 0.3) is 0 Å². The van der Waals surface area contributed by atoms with E-state index in [0.717, 1.165) is 9.28 Å². The molecule has 3 heteroatoms. The molecular formula is C22H35NOSn. The monoisotopic (exact) mass is 449 g/mol. The van der Waals surface area contributed by atoms with E-state index >= 15 is 0 Å². The van der Waals surface area contributed by atoms with Crippen LogP contribution in [-0.2, 0) is 4.79 Å². The molecule has 1 aromatic carbocycles. The van der Waals surface area contributed by atoms with Crippen molar-refractivity contribution >= 4 is 30.0 Å². The van der Waals surface area contributed by atoms with Gasteiger partial charge in [0.1, 0.15) is 0 Å². The Bertz CT molecular complexity index is 539. The van der Waals surface area contributed by atoms with Gasteiger partial charge in [-0.15, -0.1) is 0 Å². The van der Waals surface area contributed by atoms with Crippen molar-refractivity contribution in [3.05, 3.63) is 46.2 Å². The number of anilines is 1. The number of nitrogens with one attached hydrogen (secondary N) is 1. The summed E-state index contributed by atoms with van der Waals surface area (Å²) < 4.78 is 4.73. The molecule has 0 aliphatic carbocycles. The van der Waals surface area contributed by atoms with E-state index in [4.69, 9.17) is 0 Å². The predicted octanol–water partition coefficient (Wildman–Crippen LogP) is 6.72. The van der Waals surface area contributed by atoms with E-state index in [1.165, 1.54) is 51.8 Å². The Balaban J connectivity index is 3.11. The summed E-state index contributed by atoms with van der Waals surface area (Å²) >= 11 is -2.78. The van der Waals surface area contributed by atoms with Crippen LogP contribution in [0.5, 0.6) is 0 Å². The van der Waals surface area contributed by atoms with Crippen LogP contribution >= 0.6 is 0 Å². The average molecular weight is 448 g/mol. The van der Waals surface area contributed by atoms with E-state index in [0.29, 0.717) is 0 Å². The molecule has 0 saturated heterocycles. The number of hydrogen-bond acceptors (Lipinski definition) is 1. The van der Waals surface area contributed by atoms with Gasteiger partial charge in [-0.25, -0.2) is 0 Å². The van der Waals surface area contributed by atoms with Crippen LogP contribution in [0.4, 0.5) is 5.69 Å². The van der Waals surface area contributed by atoms with Crippen molar-refractivity contribution in [3.8, 4) is 0 Å². The fourth-order valence-corrected chi connectivity index (χ4v) is 19.2. The number of carbonyl (C=O) groups is 1. The van der Waals surface area contributed by atoms with E-state index in [1.807, 2.05) is 30.3 Å². The summed E-state index contributed by atoms with van der Waals surface area (Å²) in [6.07, 6.45) is 7.28. The molecule has 0 unspecified atom stereocenters. The number of rotatable bonds is 12. The molecule has 0 bridgehead atoms. The van der Waals surface area contributed by atoms with Gasteiger partial charge in [-0.3, -0.25) is 0 Å². The third-order valence-corrected chi connectivity index (χ3v) is 20.4. The summed E-state index contributed by atoms with van der Waals surface area (Å²) in [6.45, 7) is 10.7. The maximum absolute atomic E-state index is 13.1. The Labute approximate surface area is 158 Å². The van der Waals surface area contributed by atoms with E-state index in [9.17, 15) is 4.79 Å². The fourth-order valence-electron chi connectivity index (χ4n) is 3.52. The molecule has 0 radical (unpaired) electrons. The summed E-state index contributed by atoms with van der Waals surface area (Å²) in [4.78, 5) is 13.1. The van der Waals surface area contributed by atoms with Gasteiger partial charge in [-0.1, -0.05) is 0 Å². The SMILES string of the molecule is C=C=[C](C(=O)Nc1ccccc1)[Sn]([CH2]CCC)([CH2]CCC)[CH2]CCC. The first-order chi connectivity index (χ1) is 12.1. The summed E-state index contributed by atoms with van der Waals surface area (Å²) in [5.41, 5.74) is 4.00. The van der Waals surface area contributed by atoms with Crippen LogP contribution < -0.4 is 5.32 Å². The Hall–Kier alpha value is -0.991. The van der Waals surface area contributed by atoms with Crippen molar-refractivity contribution in [1.82, 2.24) is 0 Å². The molecule has 2 nitrogen and oxygen atoms in total. The molecule has 0 fully saturated rings. The molecule has 0 atom stereocenters. The van der Waals surface area contributed by atoms with Crippen molar-refractivity contribution in [2.24, 2.45) is 0 Å². The second kappa shape index (κ2) is 12.4. The molecule has 0 aromatic heterocycles. The van der Waals surface area contributed by atoms with Gasteiger partial charge in [0.15, 0.2) is 0 Å². The van der Waals surface area contributed by atoms with Gasteiger partial charge >= 0.3 is 159 Å². The first kappa shape index (κ1) is 22.1. The van der Waals surface area contributed by atoms with E-state index in [2.05, 4.69) is 38.4 Å². The molecule has 0 saturated carbocycles. The standard InChI is InChI=1S/C10H8NO.3C4H9.Sn/c1-2-6-10(12)11-9-7-4-3-5-8-9;3*1-3-4-2;/h3-5,7-8H,1H2,(H,11,12);3*1,3-4H2,2H3;. The van der Waals surface area contributed by atoms with Crippen molar-refractivity contribution in [2.75, 3.05) is 5.32 Å². The molecule has 1 N–H and O–H groups in total. The van der Waals surface area contributed by atoms with Crippen LogP contribution in [0.1, 0.15) is 59.3 Å². The summed E-state index contributed by atoms with van der Waals surface area (Å²) in [7, 11) is 0. The third-order valence-electron chi connectivity index (χ3n) is 4.99. The zero-order valence-electron chi connectivity index (χ0n) is 16.4. The third kappa shape index (κ3) is 7.03. The molecule has 25 heavy (non-hydrogen) atoms. The van der Waals surface area contributed by atoms with E-state index in [-0.39, 0.29) is 5.91 Å². The maximum atomic E-state index is 13.1. The summed E-state index contributed by atoms with van der Waals surface area (Å²) in [5.74, 6) is 0.0558. The van der Waals surface area contributed by atoms with Gasteiger partial charge in [0.2, 0.25) is 0 Å². The van der Waals surface area contributed by atoms with Gasteiger partial charge < -0.3 is 0 Å². The molecule has 138 valence electrons. The minimum atomic E-state index is -2.78. The molecule has 0 spiro atoms. The van der Waals surface area contributed by atoms with Crippen molar-refractivity contribution in [3.63, 3.8) is 0 Å².